The van der Waals surface area contributed by atoms with Crippen LogP contribution in [0.5, 0.6) is 0 Å². The lowest BCUT2D eigenvalue weighted by atomic mass is 10.1. The first kappa shape index (κ1) is 16.3. The molecule has 5 heteroatoms. The Morgan fingerprint density at radius 3 is 2.91 bits per heavy atom. The maximum absolute atomic E-state index is 9.68. The molecule has 1 aliphatic heterocycles. The Kier molecular flexibility index (Phi) is 5.51. The molecular formula is C18H23N3OS. The van der Waals surface area contributed by atoms with Gasteiger partial charge in [0.15, 0.2) is 0 Å². The van der Waals surface area contributed by atoms with Crippen molar-refractivity contribution in [3.63, 3.8) is 0 Å². The predicted molar refractivity (Wildman–Crippen MR) is 94.7 cm³/mol. The Labute approximate surface area is 142 Å². The highest BCUT2D eigenvalue weighted by Gasteiger charge is 2.27. The van der Waals surface area contributed by atoms with Crippen LogP contribution in [0.15, 0.2) is 47.8 Å². The van der Waals surface area contributed by atoms with Crippen molar-refractivity contribution in [1.82, 2.24) is 9.97 Å². The summed E-state index contributed by atoms with van der Waals surface area (Å²) in [7, 11) is 0. The van der Waals surface area contributed by atoms with E-state index in [2.05, 4.69) is 34.1 Å². The maximum Gasteiger partial charge on any atom is 0.148 e. The quantitative estimate of drug-likeness (QED) is 0.822. The van der Waals surface area contributed by atoms with Crippen molar-refractivity contribution in [2.24, 2.45) is 0 Å². The second kappa shape index (κ2) is 7.79. The van der Waals surface area contributed by atoms with Crippen molar-refractivity contribution in [1.29, 1.82) is 0 Å². The van der Waals surface area contributed by atoms with Crippen molar-refractivity contribution in [3.8, 4) is 0 Å². The summed E-state index contributed by atoms with van der Waals surface area (Å²) in [6.07, 6.45) is 6.46. The van der Waals surface area contributed by atoms with Gasteiger partial charge < -0.3 is 10.0 Å². The van der Waals surface area contributed by atoms with E-state index in [1.54, 1.807) is 11.8 Å². The number of aliphatic hydroxyl groups is 1. The van der Waals surface area contributed by atoms with Crippen LogP contribution in [0.2, 0.25) is 0 Å². The normalized spacial score (nSPS) is 19.0. The van der Waals surface area contributed by atoms with Gasteiger partial charge in [-0.3, -0.25) is 4.98 Å². The molecule has 2 atom stereocenters. The van der Waals surface area contributed by atoms with Gasteiger partial charge in [0.2, 0.25) is 0 Å². The van der Waals surface area contributed by atoms with Crippen LogP contribution in [-0.4, -0.2) is 33.8 Å². The van der Waals surface area contributed by atoms with E-state index in [0.717, 1.165) is 42.4 Å². The van der Waals surface area contributed by atoms with Gasteiger partial charge in [-0.05, 0) is 31.7 Å². The van der Waals surface area contributed by atoms with E-state index in [1.807, 2.05) is 25.4 Å². The molecule has 2 heterocycles. The minimum Gasteiger partial charge on any atom is -0.393 e. The zero-order valence-corrected chi connectivity index (χ0v) is 14.2. The van der Waals surface area contributed by atoms with Crippen LogP contribution in [-0.2, 0) is 5.75 Å². The molecule has 1 aromatic heterocycles. The maximum atomic E-state index is 9.68. The van der Waals surface area contributed by atoms with Crippen LogP contribution >= 0.6 is 11.8 Å². The van der Waals surface area contributed by atoms with E-state index in [4.69, 9.17) is 4.98 Å². The number of rotatable bonds is 6. The summed E-state index contributed by atoms with van der Waals surface area (Å²) in [5, 5.41) is 10.6. The van der Waals surface area contributed by atoms with Crippen molar-refractivity contribution in [2.45, 2.75) is 49.1 Å². The Balaban J connectivity index is 1.67. The van der Waals surface area contributed by atoms with Gasteiger partial charge in [-0.15, -0.1) is 11.8 Å². The molecule has 1 saturated heterocycles. The number of anilines is 1. The molecule has 0 saturated carbocycles. The fraction of sp³-hybridized carbons (Fsp3) is 0.444. The number of aliphatic hydroxyl groups excluding tert-OH is 1. The zero-order valence-electron chi connectivity index (χ0n) is 13.4. The summed E-state index contributed by atoms with van der Waals surface area (Å²) in [4.78, 5) is 11.4. The molecule has 1 N–H and O–H groups in total. The number of thioether (sulfide) groups is 1. The molecule has 122 valence electrons. The van der Waals surface area contributed by atoms with Gasteiger partial charge in [0.25, 0.3) is 0 Å². The summed E-state index contributed by atoms with van der Waals surface area (Å²) < 4.78 is 0. The van der Waals surface area contributed by atoms with Crippen LogP contribution in [0.4, 0.5) is 5.82 Å². The molecule has 0 aliphatic carbocycles. The standard InChI is InChI=1S/C18H23N3OS/c1-14(22)10-16-8-5-9-21(16)17-11-19-12-18(20-17)23-13-15-6-3-2-4-7-15/h2-4,6-7,11-12,14,16,22H,5,8-10,13H2,1H3. The topological polar surface area (TPSA) is 49.2 Å². The number of hydrogen-bond donors (Lipinski definition) is 1. The van der Waals surface area contributed by atoms with Crippen molar-refractivity contribution in [3.05, 3.63) is 48.3 Å². The fourth-order valence-electron chi connectivity index (χ4n) is 3.05. The number of benzene rings is 1. The average molecular weight is 329 g/mol. The number of aromatic nitrogens is 2. The van der Waals surface area contributed by atoms with Crippen molar-refractivity contribution >= 4 is 17.6 Å². The highest BCUT2D eigenvalue weighted by molar-refractivity contribution is 7.98. The lowest BCUT2D eigenvalue weighted by Crippen LogP contribution is -2.32. The molecule has 1 aliphatic rings. The molecular weight excluding hydrogens is 306 g/mol. The van der Waals surface area contributed by atoms with E-state index in [-0.39, 0.29) is 6.10 Å². The molecule has 0 bridgehead atoms. The van der Waals surface area contributed by atoms with Gasteiger partial charge >= 0.3 is 0 Å². The number of nitrogens with zero attached hydrogens (tertiary/aromatic N) is 3. The van der Waals surface area contributed by atoms with Gasteiger partial charge in [-0.2, -0.15) is 0 Å². The first-order valence-electron chi connectivity index (χ1n) is 8.16. The van der Waals surface area contributed by atoms with E-state index in [9.17, 15) is 5.11 Å². The monoisotopic (exact) mass is 329 g/mol. The Bertz CT molecular complexity index is 621. The lowest BCUT2D eigenvalue weighted by molar-refractivity contribution is 0.175. The van der Waals surface area contributed by atoms with E-state index < -0.39 is 0 Å². The van der Waals surface area contributed by atoms with Crippen molar-refractivity contribution in [2.75, 3.05) is 11.4 Å². The van der Waals surface area contributed by atoms with Crippen LogP contribution in [0.25, 0.3) is 0 Å². The summed E-state index contributed by atoms with van der Waals surface area (Å²) in [6, 6.07) is 10.8. The van der Waals surface area contributed by atoms with E-state index in [1.165, 1.54) is 5.56 Å². The first-order valence-corrected chi connectivity index (χ1v) is 9.14. The lowest BCUT2D eigenvalue weighted by Gasteiger charge is -2.26. The summed E-state index contributed by atoms with van der Waals surface area (Å²) in [5.74, 6) is 1.84. The van der Waals surface area contributed by atoms with Crippen LogP contribution in [0, 0.1) is 0 Å². The van der Waals surface area contributed by atoms with Crippen LogP contribution in [0.3, 0.4) is 0 Å². The molecule has 23 heavy (non-hydrogen) atoms. The zero-order chi connectivity index (χ0) is 16.1. The minimum absolute atomic E-state index is 0.274. The van der Waals surface area contributed by atoms with Crippen molar-refractivity contribution < 1.29 is 5.11 Å². The van der Waals surface area contributed by atoms with Gasteiger partial charge in [-0.25, -0.2) is 4.98 Å². The molecule has 0 radical (unpaired) electrons. The molecule has 1 fully saturated rings. The van der Waals surface area contributed by atoms with E-state index in [0.29, 0.717) is 6.04 Å². The summed E-state index contributed by atoms with van der Waals surface area (Å²) in [5.41, 5.74) is 1.29. The molecule has 0 amide bonds. The Hall–Kier alpha value is -1.59. The van der Waals surface area contributed by atoms with Gasteiger partial charge in [0, 0.05) is 18.3 Å². The Morgan fingerprint density at radius 1 is 1.30 bits per heavy atom. The average Bonchev–Trinajstić information content (AvgIpc) is 3.01. The third-order valence-corrected chi connectivity index (χ3v) is 5.08. The number of hydrogen-bond acceptors (Lipinski definition) is 5. The van der Waals surface area contributed by atoms with Gasteiger partial charge in [-0.1, -0.05) is 30.3 Å². The molecule has 2 aromatic rings. The van der Waals surface area contributed by atoms with Crippen LogP contribution < -0.4 is 4.90 Å². The van der Waals surface area contributed by atoms with Gasteiger partial charge in [0.1, 0.15) is 10.8 Å². The first-order chi connectivity index (χ1) is 11.2. The van der Waals surface area contributed by atoms with E-state index >= 15 is 0 Å². The van der Waals surface area contributed by atoms with Crippen LogP contribution in [0.1, 0.15) is 31.7 Å². The fourth-order valence-corrected chi connectivity index (χ4v) is 3.85. The highest BCUT2D eigenvalue weighted by Crippen LogP contribution is 2.28. The second-order valence-corrected chi connectivity index (χ2v) is 7.06. The molecule has 2 unspecified atom stereocenters. The molecule has 3 rings (SSSR count). The molecule has 1 aromatic carbocycles. The molecule has 0 spiro atoms. The summed E-state index contributed by atoms with van der Waals surface area (Å²) in [6.45, 7) is 2.85. The smallest absolute Gasteiger partial charge is 0.148 e. The predicted octanol–water partition coefficient (Wildman–Crippen LogP) is 3.51. The second-order valence-electron chi connectivity index (χ2n) is 6.06. The third kappa shape index (κ3) is 4.45. The highest BCUT2D eigenvalue weighted by atomic mass is 32.2. The SMILES string of the molecule is CC(O)CC1CCCN1c1cncc(SCc2ccccc2)n1. The third-order valence-electron chi connectivity index (χ3n) is 4.11. The summed E-state index contributed by atoms with van der Waals surface area (Å²) >= 11 is 1.71. The molecule has 4 nitrogen and oxygen atoms in total. The minimum atomic E-state index is -0.274. The largest absolute Gasteiger partial charge is 0.393 e. The van der Waals surface area contributed by atoms with Gasteiger partial charge in [0.05, 0.1) is 18.5 Å². The Morgan fingerprint density at radius 2 is 2.13 bits per heavy atom.